The van der Waals surface area contributed by atoms with Gasteiger partial charge in [-0.1, -0.05) is 13.3 Å². The number of benzene rings is 1. The van der Waals surface area contributed by atoms with E-state index in [0.717, 1.165) is 12.8 Å². The summed E-state index contributed by atoms with van der Waals surface area (Å²) < 4.78 is 41.7. The number of hydrogen-bond acceptors (Lipinski definition) is 3. The molecule has 1 rings (SSSR count). The second-order valence-electron chi connectivity index (χ2n) is 4.49. The predicted octanol–water partition coefficient (Wildman–Crippen LogP) is 2.52. The molecule has 0 bridgehead atoms. The van der Waals surface area contributed by atoms with Crippen LogP contribution in [-0.4, -0.2) is 36.4 Å². The van der Waals surface area contributed by atoms with Gasteiger partial charge in [-0.2, -0.15) is 13.2 Å². The Morgan fingerprint density at radius 1 is 1.33 bits per heavy atom. The standard InChI is InChI=1S/C14H18F3NO3/c1-2-3-8-21-11-6-4-10(5-7-11)13(20)18-9-12(19)14(15,16)17/h4-7,12,19H,2-3,8-9H2,1H3,(H,18,20). The van der Waals surface area contributed by atoms with Gasteiger partial charge in [0.2, 0.25) is 0 Å². The normalized spacial score (nSPS) is 12.8. The molecule has 0 spiro atoms. The molecule has 1 atom stereocenters. The molecule has 0 aromatic heterocycles. The highest BCUT2D eigenvalue weighted by molar-refractivity contribution is 5.94. The van der Waals surface area contributed by atoms with Crippen molar-refractivity contribution in [2.45, 2.75) is 32.0 Å². The Morgan fingerprint density at radius 2 is 1.95 bits per heavy atom. The van der Waals surface area contributed by atoms with Crippen molar-refractivity contribution in [1.82, 2.24) is 5.32 Å². The number of ether oxygens (including phenoxy) is 1. The second kappa shape index (κ2) is 7.87. The molecule has 7 heteroatoms. The number of hydrogen-bond donors (Lipinski definition) is 2. The van der Waals surface area contributed by atoms with Gasteiger partial charge in [-0.25, -0.2) is 0 Å². The monoisotopic (exact) mass is 305 g/mol. The van der Waals surface area contributed by atoms with E-state index in [0.29, 0.717) is 12.4 Å². The zero-order valence-corrected chi connectivity index (χ0v) is 11.6. The fraction of sp³-hybridized carbons (Fsp3) is 0.500. The number of unbranched alkanes of at least 4 members (excludes halogenated alkanes) is 1. The van der Waals surface area contributed by atoms with Crippen molar-refractivity contribution in [1.29, 1.82) is 0 Å². The number of halogens is 3. The third kappa shape index (κ3) is 6.03. The summed E-state index contributed by atoms with van der Waals surface area (Å²) in [5.74, 6) is -0.0891. The van der Waals surface area contributed by atoms with Crippen LogP contribution in [0.4, 0.5) is 13.2 Å². The van der Waals surface area contributed by atoms with Crippen molar-refractivity contribution in [2.75, 3.05) is 13.2 Å². The Kier molecular flexibility index (Phi) is 6.48. The highest BCUT2D eigenvalue weighted by Crippen LogP contribution is 2.19. The maximum Gasteiger partial charge on any atom is 0.416 e. The van der Waals surface area contributed by atoms with E-state index in [4.69, 9.17) is 9.84 Å². The van der Waals surface area contributed by atoms with Crippen LogP contribution in [0, 0.1) is 0 Å². The summed E-state index contributed by atoms with van der Waals surface area (Å²) in [4.78, 5) is 11.6. The van der Waals surface area contributed by atoms with Crippen LogP contribution in [0.3, 0.4) is 0 Å². The minimum absolute atomic E-state index is 0.201. The lowest BCUT2D eigenvalue weighted by molar-refractivity contribution is -0.201. The smallest absolute Gasteiger partial charge is 0.416 e. The van der Waals surface area contributed by atoms with Crippen molar-refractivity contribution in [3.8, 4) is 5.75 Å². The molecule has 0 aliphatic carbocycles. The van der Waals surface area contributed by atoms with E-state index in [-0.39, 0.29) is 5.56 Å². The molecule has 0 saturated heterocycles. The van der Waals surface area contributed by atoms with Gasteiger partial charge in [-0.15, -0.1) is 0 Å². The van der Waals surface area contributed by atoms with E-state index < -0.39 is 24.7 Å². The first-order valence-electron chi connectivity index (χ1n) is 6.60. The Balaban J connectivity index is 2.48. The summed E-state index contributed by atoms with van der Waals surface area (Å²) in [6, 6.07) is 6.06. The van der Waals surface area contributed by atoms with Crippen LogP contribution in [0.1, 0.15) is 30.1 Å². The predicted molar refractivity (Wildman–Crippen MR) is 71.2 cm³/mol. The van der Waals surface area contributed by atoms with Crippen LogP contribution in [0.25, 0.3) is 0 Å². The van der Waals surface area contributed by atoms with Crippen LogP contribution in [0.2, 0.25) is 0 Å². The lowest BCUT2D eigenvalue weighted by atomic mass is 10.2. The Morgan fingerprint density at radius 3 is 2.48 bits per heavy atom. The molecule has 0 fully saturated rings. The van der Waals surface area contributed by atoms with Crippen LogP contribution < -0.4 is 10.1 Å². The Hall–Kier alpha value is -1.76. The van der Waals surface area contributed by atoms with E-state index in [9.17, 15) is 18.0 Å². The molecule has 1 aromatic rings. The summed E-state index contributed by atoms with van der Waals surface area (Å²) in [6.07, 6.45) is -5.40. The molecule has 0 aliphatic rings. The quantitative estimate of drug-likeness (QED) is 0.761. The number of carbonyl (C=O) groups excluding carboxylic acids is 1. The van der Waals surface area contributed by atoms with E-state index in [1.165, 1.54) is 12.1 Å². The van der Waals surface area contributed by atoms with Crippen molar-refractivity contribution in [2.24, 2.45) is 0 Å². The molecule has 4 nitrogen and oxygen atoms in total. The first-order valence-corrected chi connectivity index (χ1v) is 6.60. The number of amides is 1. The van der Waals surface area contributed by atoms with Crippen molar-refractivity contribution in [3.05, 3.63) is 29.8 Å². The van der Waals surface area contributed by atoms with Gasteiger partial charge in [-0.05, 0) is 30.7 Å². The maximum atomic E-state index is 12.1. The fourth-order valence-corrected chi connectivity index (χ4v) is 1.44. The summed E-state index contributed by atoms with van der Waals surface area (Å²) in [5.41, 5.74) is 0.201. The van der Waals surface area contributed by atoms with Gasteiger partial charge in [-0.3, -0.25) is 4.79 Å². The Bertz CT molecular complexity index is 446. The van der Waals surface area contributed by atoms with Gasteiger partial charge < -0.3 is 15.2 Å². The average Bonchev–Trinajstić information content (AvgIpc) is 2.44. The molecule has 0 heterocycles. The van der Waals surface area contributed by atoms with Crippen molar-refractivity contribution in [3.63, 3.8) is 0 Å². The SMILES string of the molecule is CCCCOc1ccc(C(=O)NCC(O)C(F)(F)F)cc1. The fourth-order valence-electron chi connectivity index (χ4n) is 1.44. The third-order valence-electron chi connectivity index (χ3n) is 2.72. The zero-order valence-electron chi connectivity index (χ0n) is 11.6. The average molecular weight is 305 g/mol. The molecule has 1 aromatic carbocycles. The molecule has 2 N–H and O–H groups in total. The largest absolute Gasteiger partial charge is 0.494 e. The van der Waals surface area contributed by atoms with E-state index >= 15 is 0 Å². The van der Waals surface area contributed by atoms with Gasteiger partial charge >= 0.3 is 6.18 Å². The highest BCUT2D eigenvalue weighted by atomic mass is 19.4. The molecule has 1 amide bonds. The minimum Gasteiger partial charge on any atom is -0.494 e. The second-order valence-corrected chi connectivity index (χ2v) is 4.49. The van der Waals surface area contributed by atoms with Gasteiger partial charge in [0.15, 0.2) is 6.10 Å². The first kappa shape index (κ1) is 17.3. The number of nitrogens with one attached hydrogen (secondary N) is 1. The molecule has 1 unspecified atom stereocenters. The summed E-state index contributed by atoms with van der Waals surface area (Å²) in [7, 11) is 0. The Labute approximate surface area is 120 Å². The van der Waals surface area contributed by atoms with Crippen molar-refractivity contribution < 1.29 is 27.8 Å². The van der Waals surface area contributed by atoms with Crippen LogP contribution in [-0.2, 0) is 0 Å². The summed E-state index contributed by atoms with van der Waals surface area (Å²) in [5, 5.41) is 10.8. The molecular formula is C14H18F3NO3. The number of carbonyl (C=O) groups is 1. The molecule has 0 radical (unpaired) electrons. The minimum atomic E-state index is -4.75. The molecule has 0 aliphatic heterocycles. The molecule has 21 heavy (non-hydrogen) atoms. The summed E-state index contributed by atoms with van der Waals surface area (Å²) in [6.45, 7) is 1.73. The van der Waals surface area contributed by atoms with E-state index in [2.05, 4.69) is 0 Å². The van der Waals surface area contributed by atoms with Crippen LogP contribution >= 0.6 is 0 Å². The molecular weight excluding hydrogens is 287 g/mol. The van der Waals surface area contributed by atoms with Crippen LogP contribution in [0.15, 0.2) is 24.3 Å². The number of alkyl halides is 3. The molecule has 118 valence electrons. The van der Waals surface area contributed by atoms with Gasteiger partial charge in [0.1, 0.15) is 5.75 Å². The van der Waals surface area contributed by atoms with Gasteiger partial charge in [0, 0.05) is 5.56 Å². The number of aliphatic hydroxyl groups excluding tert-OH is 1. The first-order chi connectivity index (χ1) is 9.84. The maximum absolute atomic E-state index is 12.1. The van der Waals surface area contributed by atoms with Crippen LogP contribution in [0.5, 0.6) is 5.75 Å². The topological polar surface area (TPSA) is 58.6 Å². The summed E-state index contributed by atoms with van der Waals surface area (Å²) >= 11 is 0. The lowest BCUT2D eigenvalue weighted by Crippen LogP contribution is -2.40. The van der Waals surface area contributed by atoms with E-state index in [1.54, 1.807) is 12.1 Å². The van der Waals surface area contributed by atoms with Gasteiger partial charge in [0.25, 0.3) is 5.91 Å². The number of aliphatic hydroxyl groups is 1. The van der Waals surface area contributed by atoms with E-state index in [1.807, 2.05) is 12.2 Å². The molecule has 0 saturated carbocycles. The third-order valence-corrected chi connectivity index (χ3v) is 2.72. The highest BCUT2D eigenvalue weighted by Gasteiger charge is 2.38. The lowest BCUT2D eigenvalue weighted by Gasteiger charge is -2.15. The number of rotatable bonds is 7. The van der Waals surface area contributed by atoms with Crippen molar-refractivity contribution >= 4 is 5.91 Å². The van der Waals surface area contributed by atoms with Gasteiger partial charge in [0.05, 0.1) is 13.2 Å². The zero-order chi connectivity index (χ0) is 15.9.